The van der Waals surface area contributed by atoms with Crippen LogP contribution in [0.2, 0.25) is 0 Å². The molecule has 0 saturated carbocycles. The highest BCUT2D eigenvalue weighted by atomic mass is 19.1. The molecule has 4 nitrogen and oxygen atoms in total. The first kappa shape index (κ1) is 15.6. The van der Waals surface area contributed by atoms with E-state index < -0.39 is 23.3 Å². The number of carbonyl (C=O) groups is 1. The second-order valence-corrected chi connectivity index (χ2v) is 5.12. The third kappa shape index (κ3) is 3.30. The fraction of sp³-hybridized carbons (Fsp3) is 0.500. The van der Waals surface area contributed by atoms with Gasteiger partial charge in [0.05, 0.1) is 6.10 Å². The summed E-state index contributed by atoms with van der Waals surface area (Å²) >= 11 is 0. The molecule has 0 aliphatic carbocycles. The van der Waals surface area contributed by atoms with Gasteiger partial charge in [0.25, 0.3) is 0 Å². The quantitative estimate of drug-likeness (QED) is 0.731. The molecule has 0 amide bonds. The van der Waals surface area contributed by atoms with Crippen molar-refractivity contribution in [3.63, 3.8) is 0 Å². The minimum atomic E-state index is -1.47. The summed E-state index contributed by atoms with van der Waals surface area (Å²) in [6.45, 7) is 3.38. The highest BCUT2D eigenvalue weighted by Gasteiger charge is 2.41. The minimum absolute atomic E-state index is 0.0417. The van der Waals surface area contributed by atoms with Gasteiger partial charge in [0.15, 0.2) is 0 Å². The topological polar surface area (TPSA) is 83.5 Å². The Morgan fingerprint density at radius 2 is 2.11 bits per heavy atom. The molecule has 5 heteroatoms. The average molecular weight is 269 g/mol. The largest absolute Gasteiger partial charge is 0.481 e. The zero-order valence-corrected chi connectivity index (χ0v) is 11.1. The van der Waals surface area contributed by atoms with E-state index in [1.54, 1.807) is 13.8 Å². The Morgan fingerprint density at radius 3 is 2.53 bits per heavy atom. The lowest BCUT2D eigenvalue weighted by molar-refractivity contribution is -0.145. The molecule has 4 N–H and O–H groups in total. The standard InChI is InChI=1S/C14H20FNO3/c1-9(2)12(17)7-14(8-16,13(18)19)10-4-3-5-11(15)6-10/h3-6,9,12,17H,7-8,16H2,1-2H3,(H,18,19). The molecular formula is C14H20FNO3. The summed E-state index contributed by atoms with van der Waals surface area (Å²) in [6.07, 6.45) is -0.858. The monoisotopic (exact) mass is 269 g/mol. The first-order chi connectivity index (χ1) is 8.83. The number of benzene rings is 1. The zero-order chi connectivity index (χ0) is 14.6. The molecule has 0 aliphatic rings. The third-order valence-electron chi connectivity index (χ3n) is 3.46. The predicted molar refractivity (Wildman–Crippen MR) is 70.2 cm³/mol. The van der Waals surface area contributed by atoms with Gasteiger partial charge in [-0.3, -0.25) is 4.79 Å². The van der Waals surface area contributed by atoms with Gasteiger partial charge in [-0.05, 0) is 30.0 Å². The Hall–Kier alpha value is -1.46. The van der Waals surface area contributed by atoms with E-state index in [1.807, 2.05) is 0 Å². The zero-order valence-electron chi connectivity index (χ0n) is 11.1. The number of hydrogen-bond donors (Lipinski definition) is 3. The summed E-state index contributed by atoms with van der Waals surface area (Å²) in [4.78, 5) is 11.6. The van der Waals surface area contributed by atoms with Crippen LogP contribution in [0.4, 0.5) is 4.39 Å². The Bertz CT molecular complexity index is 450. The highest BCUT2D eigenvalue weighted by Crippen LogP contribution is 2.31. The van der Waals surface area contributed by atoms with E-state index in [2.05, 4.69) is 0 Å². The normalized spacial score (nSPS) is 16.1. The molecule has 0 radical (unpaired) electrons. The lowest BCUT2D eigenvalue weighted by Crippen LogP contribution is -2.46. The van der Waals surface area contributed by atoms with Gasteiger partial charge in [-0.2, -0.15) is 0 Å². The molecular weight excluding hydrogens is 249 g/mol. The maximum atomic E-state index is 13.3. The van der Waals surface area contributed by atoms with Gasteiger partial charge in [0.1, 0.15) is 11.2 Å². The van der Waals surface area contributed by atoms with E-state index in [-0.39, 0.29) is 24.4 Å². The Labute approximate surface area is 112 Å². The summed E-state index contributed by atoms with van der Waals surface area (Å²) < 4.78 is 13.3. The van der Waals surface area contributed by atoms with Crippen LogP contribution in [0, 0.1) is 11.7 Å². The fourth-order valence-electron chi connectivity index (χ4n) is 2.00. The second-order valence-electron chi connectivity index (χ2n) is 5.12. The molecule has 0 heterocycles. The number of aliphatic hydroxyl groups excluding tert-OH is 1. The molecule has 1 rings (SSSR count). The van der Waals surface area contributed by atoms with Crippen LogP contribution in [-0.4, -0.2) is 28.8 Å². The third-order valence-corrected chi connectivity index (χ3v) is 3.46. The minimum Gasteiger partial charge on any atom is -0.481 e. The number of rotatable bonds is 6. The van der Waals surface area contributed by atoms with Gasteiger partial charge < -0.3 is 15.9 Å². The molecule has 0 fully saturated rings. The van der Waals surface area contributed by atoms with Crippen LogP contribution in [0.1, 0.15) is 25.8 Å². The summed E-state index contributed by atoms with van der Waals surface area (Å²) in [5, 5.41) is 19.4. The Balaban J connectivity index is 3.23. The van der Waals surface area contributed by atoms with Gasteiger partial charge in [-0.25, -0.2) is 4.39 Å². The predicted octanol–water partition coefficient (Wildman–Crippen LogP) is 1.51. The molecule has 0 bridgehead atoms. The highest BCUT2D eigenvalue weighted by molar-refractivity contribution is 5.81. The molecule has 0 aromatic heterocycles. The summed E-state index contributed by atoms with van der Waals surface area (Å²) in [6, 6.07) is 5.37. The second kappa shape index (κ2) is 6.12. The fourth-order valence-corrected chi connectivity index (χ4v) is 2.00. The maximum Gasteiger partial charge on any atom is 0.315 e. The van der Waals surface area contributed by atoms with Crippen molar-refractivity contribution in [2.45, 2.75) is 31.8 Å². The summed E-state index contributed by atoms with van der Waals surface area (Å²) in [5.74, 6) is -1.77. The van der Waals surface area contributed by atoms with E-state index in [0.717, 1.165) is 6.07 Å². The number of halogens is 1. The van der Waals surface area contributed by atoms with Crippen molar-refractivity contribution in [2.75, 3.05) is 6.54 Å². The molecule has 0 spiro atoms. The smallest absolute Gasteiger partial charge is 0.315 e. The Morgan fingerprint density at radius 1 is 1.47 bits per heavy atom. The number of carboxylic acid groups (broad SMARTS) is 1. The van der Waals surface area contributed by atoms with Crippen LogP contribution in [-0.2, 0) is 10.2 Å². The van der Waals surface area contributed by atoms with E-state index in [0.29, 0.717) is 0 Å². The molecule has 19 heavy (non-hydrogen) atoms. The van der Waals surface area contributed by atoms with E-state index in [4.69, 9.17) is 5.73 Å². The van der Waals surface area contributed by atoms with Crippen molar-refractivity contribution in [1.29, 1.82) is 0 Å². The molecule has 1 aromatic carbocycles. The van der Waals surface area contributed by atoms with Crippen LogP contribution < -0.4 is 5.73 Å². The number of hydrogen-bond acceptors (Lipinski definition) is 3. The molecule has 0 saturated heterocycles. The van der Waals surface area contributed by atoms with Crippen molar-refractivity contribution in [1.82, 2.24) is 0 Å². The van der Waals surface area contributed by atoms with Crippen molar-refractivity contribution in [2.24, 2.45) is 11.7 Å². The van der Waals surface area contributed by atoms with Crippen LogP contribution >= 0.6 is 0 Å². The van der Waals surface area contributed by atoms with Crippen LogP contribution in [0.3, 0.4) is 0 Å². The summed E-state index contributed by atoms with van der Waals surface area (Å²) in [7, 11) is 0. The van der Waals surface area contributed by atoms with E-state index in [1.165, 1.54) is 18.2 Å². The Kier molecular flexibility index (Phi) is 5.03. The van der Waals surface area contributed by atoms with Crippen molar-refractivity contribution in [3.8, 4) is 0 Å². The molecule has 106 valence electrons. The SMILES string of the molecule is CC(C)C(O)CC(CN)(C(=O)O)c1cccc(F)c1. The maximum absolute atomic E-state index is 13.3. The van der Waals surface area contributed by atoms with Gasteiger partial charge in [0, 0.05) is 6.54 Å². The van der Waals surface area contributed by atoms with Crippen LogP contribution in [0.15, 0.2) is 24.3 Å². The molecule has 2 unspecified atom stereocenters. The molecule has 0 aliphatic heterocycles. The number of carboxylic acids is 1. The van der Waals surface area contributed by atoms with E-state index in [9.17, 15) is 19.4 Å². The average Bonchev–Trinajstić information content (AvgIpc) is 2.35. The van der Waals surface area contributed by atoms with Gasteiger partial charge in [-0.1, -0.05) is 26.0 Å². The summed E-state index contributed by atoms with van der Waals surface area (Å²) in [5.41, 5.74) is 4.44. The van der Waals surface area contributed by atoms with Crippen molar-refractivity contribution < 1.29 is 19.4 Å². The van der Waals surface area contributed by atoms with Crippen molar-refractivity contribution >= 4 is 5.97 Å². The number of aliphatic carboxylic acids is 1. The lowest BCUT2D eigenvalue weighted by atomic mass is 9.74. The van der Waals surface area contributed by atoms with E-state index >= 15 is 0 Å². The van der Waals surface area contributed by atoms with Gasteiger partial charge >= 0.3 is 5.97 Å². The molecule has 2 atom stereocenters. The molecule has 1 aromatic rings. The number of nitrogens with two attached hydrogens (primary N) is 1. The lowest BCUT2D eigenvalue weighted by Gasteiger charge is -2.32. The van der Waals surface area contributed by atoms with Crippen LogP contribution in [0.25, 0.3) is 0 Å². The van der Waals surface area contributed by atoms with Gasteiger partial charge in [-0.15, -0.1) is 0 Å². The number of aliphatic hydroxyl groups is 1. The first-order valence-corrected chi connectivity index (χ1v) is 6.21. The first-order valence-electron chi connectivity index (χ1n) is 6.21. The van der Waals surface area contributed by atoms with Crippen LogP contribution in [0.5, 0.6) is 0 Å². The van der Waals surface area contributed by atoms with Gasteiger partial charge in [0.2, 0.25) is 0 Å². The van der Waals surface area contributed by atoms with Crippen molar-refractivity contribution in [3.05, 3.63) is 35.6 Å².